The van der Waals surface area contributed by atoms with Crippen LogP contribution in [0.1, 0.15) is 0 Å². The molecule has 0 bridgehead atoms. The fourth-order valence-electron chi connectivity index (χ4n) is 1.63. The summed E-state index contributed by atoms with van der Waals surface area (Å²) in [5.74, 6) is 0. The van der Waals surface area contributed by atoms with Gasteiger partial charge < -0.3 is 0 Å². The largest absolute Gasteiger partial charge is 0.264 e. The van der Waals surface area contributed by atoms with E-state index >= 15 is 0 Å². The Bertz CT molecular complexity index is 650. The summed E-state index contributed by atoms with van der Waals surface area (Å²) in [4.78, 5) is 5.08. The number of nitrogens with zero attached hydrogens (tertiary/aromatic N) is 3. The normalized spacial score (nSPS) is 10.8. The first-order valence-corrected chi connectivity index (χ1v) is 5.79. The van der Waals surface area contributed by atoms with E-state index < -0.39 is 0 Å². The molecule has 0 saturated carbocycles. The Balaban J connectivity index is 2.18. The van der Waals surface area contributed by atoms with E-state index in [1.165, 1.54) is 5.39 Å². The van der Waals surface area contributed by atoms with Gasteiger partial charge in [0.15, 0.2) is 7.85 Å². The number of pyridine rings is 1. The molecule has 2 heterocycles. The zero-order chi connectivity index (χ0) is 11.0. The molecule has 3 nitrogen and oxygen atoms in total. The molecule has 0 saturated heterocycles. The van der Waals surface area contributed by atoms with E-state index in [1.807, 2.05) is 20.1 Å². The molecule has 5 heteroatoms. The number of hydrogen-bond donors (Lipinski definition) is 0. The fourth-order valence-corrected chi connectivity index (χ4v) is 2.32. The van der Waals surface area contributed by atoms with Gasteiger partial charge in [-0.2, -0.15) is 5.10 Å². The third-order valence-electron chi connectivity index (χ3n) is 2.41. The Morgan fingerprint density at radius 2 is 2.00 bits per heavy atom. The van der Waals surface area contributed by atoms with Crippen LogP contribution in [0.25, 0.3) is 21.3 Å². The van der Waals surface area contributed by atoms with Crippen LogP contribution in [0.4, 0.5) is 0 Å². The molecule has 0 fully saturated rings. The summed E-state index contributed by atoms with van der Waals surface area (Å²) in [6.07, 6.45) is 3.67. The lowest BCUT2D eigenvalue weighted by Gasteiger charge is -1.99. The van der Waals surface area contributed by atoms with Gasteiger partial charge >= 0.3 is 0 Å². The van der Waals surface area contributed by atoms with Crippen LogP contribution >= 0.6 is 11.3 Å². The number of hydrogen-bond acceptors (Lipinski definition) is 4. The Morgan fingerprint density at radius 1 is 1.06 bits per heavy atom. The molecule has 0 radical (unpaired) electrons. The molecule has 0 spiro atoms. The highest BCUT2D eigenvalue weighted by Gasteiger charge is 2.04. The lowest BCUT2D eigenvalue weighted by atomic mass is 10.1. The molecule has 0 aliphatic rings. The fraction of sp³-hybridized carbons (Fsp3) is 0. The molecule has 0 unspecified atom stereocenters. The van der Waals surface area contributed by atoms with Crippen LogP contribution in [0.2, 0.25) is 0 Å². The van der Waals surface area contributed by atoms with Crippen molar-refractivity contribution in [1.29, 1.82) is 0 Å². The molecule has 0 aliphatic heterocycles. The van der Waals surface area contributed by atoms with E-state index in [0.29, 0.717) is 0 Å². The Hall–Kier alpha value is -1.75. The number of rotatable bonds is 1. The first-order valence-electron chi connectivity index (χ1n) is 4.97. The Morgan fingerprint density at radius 3 is 2.81 bits per heavy atom. The lowest BCUT2D eigenvalue weighted by Crippen LogP contribution is -1.97. The molecule has 0 atom stereocenters. The Kier molecular flexibility index (Phi) is 2.18. The van der Waals surface area contributed by atoms with Gasteiger partial charge in [0.2, 0.25) is 0 Å². The summed E-state index contributed by atoms with van der Waals surface area (Å²) >= 11 is 1.61. The van der Waals surface area contributed by atoms with Gasteiger partial charge in [0.1, 0.15) is 5.01 Å². The highest BCUT2D eigenvalue weighted by atomic mass is 32.1. The quantitative estimate of drug-likeness (QED) is 0.580. The second kappa shape index (κ2) is 3.68. The molecule has 0 aliphatic carbocycles. The van der Waals surface area contributed by atoms with Crippen LogP contribution in [0.5, 0.6) is 0 Å². The monoisotopic (exact) mass is 225 g/mol. The highest BCUT2D eigenvalue weighted by molar-refractivity contribution is 7.22. The van der Waals surface area contributed by atoms with Crippen LogP contribution < -0.4 is 4.91 Å². The van der Waals surface area contributed by atoms with Crippen LogP contribution in [-0.2, 0) is 0 Å². The summed E-state index contributed by atoms with van der Waals surface area (Å²) in [5, 5.41) is 11.5. The summed E-state index contributed by atoms with van der Waals surface area (Å²) in [7, 11) is 1.96. The maximum absolute atomic E-state index is 4.15. The zero-order valence-electron chi connectivity index (χ0n) is 8.71. The van der Waals surface area contributed by atoms with E-state index in [-0.39, 0.29) is 0 Å². The third kappa shape index (κ3) is 1.59. The van der Waals surface area contributed by atoms with Gasteiger partial charge in [-0.1, -0.05) is 12.1 Å². The molecule has 76 valence electrons. The van der Waals surface area contributed by atoms with E-state index in [0.717, 1.165) is 20.9 Å². The number of benzene rings is 1. The van der Waals surface area contributed by atoms with E-state index in [4.69, 9.17) is 0 Å². The van der Waals surface area contributed by atoms with Gasteiger partial charge in [0, 0.05) is 23.3 Å². The van der Waals surface area contributed by atoms with Crippen molar-refractivity contribution in [2.24, 2.45) is 0 Å². The van der Waals surface area contributed by atoms with Crippen molar-refractivity contribution in [1.82, 2.24) is 15.2 Å². The van der Waals surface area contributed by atoms with Gasteiger partial charge in [0.25, 0.3) is 0 Å². The minimum absolute atomic E-state index is 0.969. The lowest BCUT2D eigenvalue weighted by molar-refractivity contribution is 1.12. The predicted molar refractivity (Wildman–Crippen MR) is 68.8 cm³/mol. The molecular weight excluding hydrogens is 217 g/mol. The van der Waals surface area contributed by atoms with Gasteiger partial charge in [-0.3, -0.25) is 4.98 Å². The van der Waals surface area contributed by atoms with Crippen LogP contribution in [0, 0.1) is 0 Å². The zero-order valence-corrected chi connectivity index (χ0v) is 9.53. The Labute approximate surface area is 97.6 Å². The molecular formula is C11H8BN3S. The first kappa shape index (κ1) is 9.48. The van der Waals surface area contributed by atoms with Gasteiger partial charge in [0.05, 0.1) is 4.91 Å². The van der Waals surface area contributed by atoms with Crippen LogP contribution in [0.15, 0.2) is 36.7 Å². The maximum Gasteiger partial charge on any atom is 0.180 e. The van der Waals surface area contributed by atoms with Crippen molar-refractivity contribution >= 4 is 34.9 Å². The number of aromatic nitrogens is 3. The summed E-state index contributed by atoms with van der Waals surface area (Å²) in [6.45, 7) is 0. The van der Waals surface area contributed by atoms with Crippen LogP contribution in [0.3, 0.4) is 0 Å². The molecule has 0 amide bonds. The molecule has 2 aromatic heterocycles. The van der Waals surface area contributed by atoms with Crippen molar-refractivity contribution in [2.45, 2.75) is 0 Å². The molecule has 0 N–H and O–H groups in total. The van der Waals surface area contributed by atoms with Crippen molar-refractivity contribution in [3.8, 4) is 10.6 Å². The minimum Gasteiger partial charge on any atom is -0.264 e. The second-order valence-corrected chi connectivity index (χ2v) is 4.75. The van der Waals surface area contributed by atoms with E-state index in [1.54, 1.807) is 17.5 Å². The predicted octanol–water partition coefficient (Wildman–Crippen LogP) is 1.01. The number of fused-ring (bicyclic) bond motifs is 1. The van der Waals surface area contributed by atoms with Crippen molar-refractivity contribution < 1.29 is 0 Å². The third-order valence-corrected chi connectivity index (χ3v) is 3.30. The average molecular weight is 225 g/mol. The molecule has 1 aromatic carbocycles. The summed E-state index contributed by atoms with van der Waals surface area (Å²) in [6, 6.07) is 8.25. The summed E-state index contributed by atoms with van der Waals surface area (Å²) < 4.78 is 0. The molecule has 16 heavy (non-hydrogen) atoms. The average Bonchev–Trinajstić information content (AvgIpc) is 2.75. The van der Waals surface area contributed by atoms with Gasteiger partial charge in [-0.25, -0.2) is 0 Å². The smallest absolute Gasteiger partial charge is 0.180 e. The van der Waals surface area contributed by atoms with E-state index in [9.17, 15) is 0 Å². The minimum atomic E-state index is 0.969. The van der Waals surface area contributed by atoms with Gasteiger partial charge in [-0.05, 0) is 17.5 Å². The summed E-state index contributed by atoms with van der Waals surface area (Å²) in [5.41, 5.74) is 1.12. The SMILES string of the molecule is Bc1nnc(-c2ccc3cnccc3c2)s1. The van der Waals surface area contributed by atoms with Gasteiger partial charge in [-0.15, -0.1) is 16.4 Å². The maximum atomic E-state index is 4.15. The van der Waals surface area contributed by atoms with Crippen molar-refractivity contribution in [3.05, 3.63) is 36.7 Å². The van der Waals surface area contributed by atoms with Crippen molar-refractivity contribution in [3.63, 3.8) is 0 Å². The molecule has 3 aromatic rings. The molecule has 3 rings (SSSR count). The first-order chi connectivity index (χ1) is 7.83. The second-order valence-electron chi connectivity index (χ2n) is 3.56. The topological polar surface area (TPSA) is 38.7 Å². The highest BCUT2D eigenvalue weighted by Crippen LogP contribution is 2.23. The van der Waals surface area contributed by atoms with Crippen molar-refractivity contribution in [2.75, 3.05) is 0 Å². The van der Waals surface area contributed by atoms with E-state index in [2.05, 4.69) is 33.4 Å². The van der Waals surface area contributed by atoms with Crippen LogP contribution in [-0.4, -0.2) is 23.0 Å². The standard InChI is InChI=1S/C11H8BN3S/c12-11-15-14-10(16-11)8-1-2-9-6-13-4-3-7(9)5-8/h1-6H,12H2.